The van der Waals surface area contributed by atoms with Crippen LogP contribution in [0.1, 0.15) is 15.9 Å². The molecule has 0 unspecified atom stereocenters. The SMILES string of the molecule is COc1ccccc1C(=O)Nc1ccc(OC(=O)Cc2ccccc2F)cc1. The molecule has 0 spiro atoms. The number of hydrogen-bond donors (Lipinski definition) is 1. The van der Waals surface area contributed by atoms with Crippen molar-refractivity contribution in [3.63, 3.8) is 0 Å². The number of rotatable bonds is 6. The third kappa shape index (κ3) is 4.73. The lowest BCUT2D eigenvalue weighted by atomic mass is 10.1. The number of carbonyl (C=O) groups is 2. The fourth-order valence-electron chi connectivity index (χ4n) is 2.60. The summed E-state index contributed by atoms with van der Waals surface area (Å²) in [5.41, 5.74) is 1.21. The highest BCUT2D eigenvalue weighted by Crippen LogP contribution is 2.21. The van der Waals surface area contributed by atoms with E-state index in [2.05, 4.69) is 5.32 Å². The summed E-state index contributed by atoms with van der Waals surface area (Å²) in [5, 5.41) is 2.75. The maximum absolute atomic E-state index is 13.6. The van der Waals surface area contributed by atoms with Crippen LogP contribution >= 0.6 is 0 Å². The highest BCUT2D eigenvalue weighted by Gasteiger charge is 2.13. The fourth-order valence-corrected chi connectivity index (χ4v) is 2.60. The third-order valence-corrected chi connectivity index (χ3v) is 3.99. The topological polar surface area (TPSA) is 64.6 Å². The number of anilines is 1. The number of esters is 1. The van der Waals surface area contributed by atoms with E-state index < -0.39 is 11.8 Å². The number of ether oxygens (including phenoxy) is 2. The summed E-state index contributed by atoms with van der Waals surface area (Å²) in [6.07, 6.45) is -0.168. The first-order valence-electron chi connectivity index (χ1n) is 8.55. The first kappa shape index (κ1) is 19.1. The molecule has 6 heteroatoms. The van der Waals surface area contributed by atoms with Gasteiger partial charge in [0.15, 0.2) is 0 Å². The quantitative estimate of drug-likeness (QED) is 0.514. The van der Waals surface area contributed by atoms with Crippen LogP contribution < -0.4 is 14.8 Å². The Bertz CT molecular complexity index is 986. The largest absolute Gasteiger partial charge is 0.496 e. The first-order valence-corrected chi connectivity index (χ1v) is 8.55. The number of methoxy groups -OCH3 is 1. The Morgan fingerprint density at radius 2 is 1.61 bits per heavy atom. The number of benzene rings is 3. The lowest BCUT2D eigenvalue weighted by Crippen LogP contribution is -2.14. The van der Waals surface area contributed by atoms with Crippen molar-refractivity contribution in [1.82, 2.24) is 0 Å². The van der Waals surface area contributed by atoms with Gasteiger partial charge in [-0.25, -0.2) is 4.39 Å². The predicted octanol–water partition coefficient (Wildman–Crippen LogP) is 4.23. The van der Waals surface area contributed by atoms with Crippen LogP contribution in [0.4, 0.5) is 10.1 Å². The van der Waals surface area contributed by atoms with Gasteiger partial charge in [-0.3, -0.25) is 9.59 Å². The summed E-state index contributed by atoms with van der Waals surface area (Å²) >= 11 is 0. The van der Waals surface area contributed by atoms with E-state index >= 15 is 0 Å². The van der Waals surface area contributed by atoms with Gasteiger partial charge in [-0.1, -0.05) is 30.3 Å². The number of amides is 1. The maximum atomic E-state index is 13.6. The average Bonchev–Trinajstić information content (AvgIpc) is 2.71. The summed E-state index contributed by atoms with van der Waals surface area (Å²) in [7, 11) is 1.50. The van der Waals surface area contributed by atoms with Crippen molar-refractivity contribution in [1.29, 1.82) is 0 Å². The highest BCUT2D eigenvalue weighted by molar-refractivity contribution is 6.06. The van der Waals surface area contributed by atoms with E-state index in [1.165, 1.54) is 19.2 Å². The summed E-state index contributed by atoms with van der Waals surface area (Å²) in [6, 6.07) is 19.3. The van der Waals surface area contributed by atoms with Gasteiger partial charge in [0.05, 0.1) is 19.1 Å². The molecule has 0 aliphatic rings. The molecule has 0 saturated heterocycles. The molecule has 3 aromatic carbocycles. The van der Waals surface area contributed by atoms with Crippen molar-refractivity contribution >= 4 is 17.6 Å². The predicted molar refractivity (Wildman–Crippen MR) is 103 cm³/mol. The average molecular weight is 379 g/mol. The molecule has 5 nitrogen and oxygen atoms in total. The third-order valence-electron chi connectivity index (χ3n) is 3.99. The molecule has 0 fully saturated rings. The molecule has 0 bridgehead atoms. The second-order valence-electron chi connectivity index (χ2n) is 5.92. The van der Waals surface area contributed by atoms with E-state index in [1.54, 1.807) is 60.7 Å². The monoisotopic (exact) mass is 379 g/mol. The summed E-state index contributed by atoms with van der Waals surface area (Å²) < 4.78 is 24.0. The molecule has 0 radical (unpaired) electrons. The number of carbonyl (C=O) groups excluding carboxylic acids is 2. The number of hydrogen-bond acceptors (Lipinski definition) is 4. The molecule has 0 saturated carbocycles. The zero-order valence-electron chi connectivity index (χ0n) is 15.1. The van der Waals surface area contributed by atoms with Crippen LogP contribution in [0.25, 0.3) is 0 Å². The Morgan fingerprint density at radius 1 is 0.929 bits per heavy atom. The van der Waals surface area contributed by atoms with E-state index in [-0.39, 0.29) is 17.9 Å². The Morgan fingerprint density at radius 3 is 2.32 bits per heavy atom. The van der Waals surface area contributed by atoms with Crippen LogP contribution in [0.3, 0.4) is 0 Å². The van der Waals surface area contributed by atoms with Gasteiger partial charge < -0.3 is 14.8 Å². The van der Waals surface area contributed by atoms with Gasteiger partial charge in [0.1, 0.15) is 17.3 Å². The Hall–Kier alpha value is -3.67. The standard InChI is InChI=1S/C22H18FNO4/c1-27-20-9-5-3-7-18(20)22(26)24-16-10-12-17(13-11-16)28-21(25)14-15-6-2-4-8-19(15)23/h2-13H,14H2,1H3,(H,24,26). The number of nitrogens with one attached hydrogen (secondary N) is 1. The molecular formula is C22H18FNO4. The van der Waals surface area contributed by atoms with E-state index in [0.29, 0.717) is 22.7 Å². The Balaban J connectivity index is 1.61. The second kappa shape index (κ2) is 8.81. The van der Waals surface area contributed by atoms with Crippen LogP contribution in [0.2, 0.25) is 0 Å². The van der Waals surface area contributed by atoms with E-state index in [9.17, 15) is 14.0 Å². The fraction of sp³-hybridized carbons (Fsp3) is 0.0909. The molecule has 0 atom stereocenters. The van der Waals surface area contributed by atoms with E-state index in [4.69, 9.17) is 9.47 Å². The molecule has 1 N–H and O–H groups in total. The van der Waals surface area contributed by atoms with Crippen molar-refractivity contribution < 1.29 is 23.5 Å². The van der Waals surface area contributed by atoms with Crippen molar-refractivity contribution in [2.75, 3.05) is 12.4 Å². The minimum atomic E-state index is -0.573. The smallest absolute Gasteiger partial charge is 0.315 e. The van der Waals surface area contributed by atoms with Gasteiger partial charge in [0.2, 0.25) is 0 Å². The van der Waals surface area contributed by atoms with Gasteiger partial charge in [-0.05, 0) is 48.0 Å². The molecular weight excluding hydrogens is 361 g/mol. The maximum Gasteiger partial charge on any atom is 0.315 e. The number of halogens is 1. The molecule has 3 aromatic rings. The zero-order valence-corrected chi connectivity index (χ0v) is 15.1. The molecule has 0 aliphatic carbocycles. The van der Waals surface area contributed by atoms with Crippen molar-refractivity contribution in [3.8, 4) is 11.5 Å². The van der Waals surface area contributed by atoms with Gasteiger partial charge in [0, 0.05) is 5.69 Å². The van der Waals surface area contributed by atoms with Crippen LogP contribution in [-0.2, 0) is 11.2 Å². The highest BCUT2D eigenvalue weighted by atomic mass is 19.1. The van der Waals surface area contributed by atoms with E-state index in [1.807, 2.05) is 0 Å². The molecule has 0 aliphatic heterocycles. The van der Waals surface area contributed by atoms with Crippen molar-refractivity contribution in [2.24, 2.45) is 0 Å². The molecule has 1 amide bonds. The minimum Gasteiger partial charge on any atom is -0.496 e. The van der Waals surface area contributed by atoms with Gasteiger partial charge in [-0.2, -0.15) is 0 Å². The van der Waals surface area contributed by atoms with Crippen LogP contribution in [0, 0.1) is 5.82 Å². The molecule has 142 valence electrons. The van der Waals surface area contributed by atoms with Crippen molar-refractivity contribution in [3.05, 3.63) is 89.7 Å². The summed E-state index contributed by atoms with van der Waals surface area (Å²) in [4.78, 5) is 24.4. The molecule has 0 aromatic heterocycles. The van der Waals surface area contributed by atoms with Crippen LogP contribution in [-0.4, -0.2) is 19.0 Å². The first-order chi connectivity index (χ1) is 13.6. The Kier molecular flexibility index (Phi) is 6.01. The van der Waals surface area contributed by atoms with Gasteiger partial charge in [0.25, 0.3) is 5.91 Å². The van der Waals surface area contributed by atoms with Crippen molar-refractivity contribution in [2.45, 2.75) is 6.42 Å². The summed E-state index contributed by atoms with van der Waals surface area (Å²) in [6.45, 7) is 0. The van der Waals surface area contributed by atoms with Crippen LogP contribution in [0.5, 0.6) is 11.5 Å². The minimum absolute atomic E-state index is 0.168. The molecule has 0 heterocycles. The molecule has 3 rings (SSSR count). The normalized spacial score (nSPS) is 10.2. The lowest BCUT2D eigenvalue weighted by molar-refractivity contribution is -0.133. The number of para-hydroxylation sites is 1. The zero-order chi connectivity index (χ0) is 19.9. The van der Waals surface area contributed by atoms with Gasteiger partial charge >= 0.3 is 5.97 Å². The second-order valence-corrected chi connectivity index (χ2v) is 5.92. The molecule has 28 heavy (non-hydrogen) atoms. The van der Waals surface area contributed by atoms with Crippen LogP contribution in [0.15, 0.2) is 72.8 Å². The van der Waals surface area contributed by atoms with E-state index in [0.717, 1.165) is 0 Å². The summed E-state index contributed by atoms with van der Waals surface area (Å²) in [5.74, 6) is -0.568. The van der Waals surface area contributed by atoms with Gasteiger partial charge in [-0.15, -0.1) is 0 Å². The lowest BCUT2D eigenvalue weighted by Gasteiger charge is -2.10. The Labute approximate surface area is 161 Å².